The summed E-state index contributed by atoms with van der Waals surface area (Å²) < 4.78 is 7.49. The summed E-state index contributed by atoms with van der Waals surface area (Å²) >= 11 is 0. The molecule has 3 aromatic heterocycles. The maximum Gasteiger partial charge on any atom is 0.225 e. The normalized spacial score (nSPS) is 13.9. The molecular weight excluding hydrogens is 562 g/mol. The topological polar surface area (TPSA) is 141 Å². The average molecular weight is 592 g/mol. The van der Waals surface area contributed by atoms with Crippen LogP contribution in [0.25, 0.3) is 22.4 Å². The Morgan fingerprint density at radius 3 is 2.51 bits per heavy atom. The minimum Gasteiger partial charge on any atom is -0.445 e. The van der Waals surface area contributed by atoms with Crippen molar-refractivity contribution in [1.82, 2.24) is 25.0 Å². The first-order chi connectivity index (χ1) is 22.1. The number of pyridine rings is 1. The molecule has 0 amide bonds. The Labute approximate surface area is 260 Å². The van der Waals surface area contributed by atoms with Gasteiger partial charge in [0, 0.05) is 22.8 Å². The van der Waals surface area contributed by atoms with E-state index in [9.17, 15) is 10.5 Å². The summed E-state index contributed by atoms with van der Waals surface area (Å²) in [7, 11) is 0. The first-order valence-electron chi connectivity index (χ1n) is 14.9. The molecule has 0 radical (unpaired) electrons. The van der Waals surface area contributed by atoms with E-state index in [-0.39, 0.29) is 6.04 Å². The zero-order chi connectivity index (χ0) is 30.8. The molecule has 0 bridgehead atoms. The molecule has 220 valence electrons. The van der Waals surface area contributed by atoms with Gasteiger partial charge in [0.05, 0.1) is 52.9 Å². The maximum absolute atomic E-state index is 10.2. The Balaban J connectivity index is 1.34. The van der Waals surface area contributed by atoms with Crippen LogP contribution in [-0.4, -0.2) is 25.0 Å². The SMILES string of the molecule is CC[C@@H](Nc1c(C#N)cnc2c(C#N)cc(N[C@@H](c3cccc(-c4ncco4)c3)c3cn(C4CC4)nn3)cc12)c1ccccc1. The van der Waals surface area contributed by atoms with Gasteiger partial charge in [-0.1, -0.05) is 54.6 Å². The molecule has 3 heterocycles. The van der Waals surface area contributed by atoms with E-state index in [4.69, 9.17) is 4.42 Å². The minimum absolute atomic E-state index is 0.0470. The highest BCUT2D eigenvalue weighted by Crippen LogP contribution is 2.38. The third-order valence-corrected chi connectivity index (χ3v) is 8.10. The Bertz CT molecular complexity index is 2050. The van der Waals surface area contributed by atoms with Crippen molar-refractivity contribution in [2.45, 2.75) is 44.3 Å². The van der Waals surface area contributed by atoms with Crippen LogP contribution in [0, 0.1) is 22.7 Å². The van der Waals surface area contributed by atoms with Gasteiger partial charge in [-0.3, -0.25) is 4.98 Å². The molecule has 0 spiro atoms. The number of oxazole rings is 1. The van der Waals surface area contributed by atoms with Crippen LogP contribution in [0.15, 0.2) is 96.0 Å². The van der Waals surface area contributed by atoms with Gasteiger partial charge in [-0.05, 0) is 54.7 Å². The van der Waals surface area contributed by atoms with Crippen LogP contribution in [0.2, 0.25) is 0 Å². The third kappa shape index (κ3) is 5.57. The monoisotopic (exact) mass is 591 g/mol. The highest BCUT2D eigenvalue weighted by atomic mass is 16.3. The van der Waals surface area contributed by atoms with Crippen molar-refractivity contribution < 1.29 is 4.42 Å². The largest absolute Gasteiger partial charge is 0.445 e. The second-order valence-electron chi connectivity index (χ2n) is 11.1. The Hall–Kier alpha value is -6.00. The van der Waals surface area contributed by atoms with Crippen LogP contribution in [0.3, 0.4) is 0 Å². The highest BCUT2D eigenvalue weighted by Gasteiger charge is 2.27. The Morgan fingerprint density at radius 1 is 0.956 bits per heavy atom. The van der Waals surface area contributed by atoms with Gasteiger partial charge >= 0.3 is 0 Å². The van der Waals surface area contributed by atoms with Crippen LogP contribution >= 0.6 is 0 Å². The number of benzene rings is 3. The van der Waals surface area contributed by atoms with Crippen molar-refractivity contribution in [2.24, 2.45) is 0 Å². The predicted molar refractivity (Wildman–Crippen MR) is 170 cm³/mol. The average Bonchev–Trinajstić information content (AvgIpc) is 3.56. The lowest BCUT2D eigenvalue weighted by molar-refractivity contribution is 0.574. The molecule has 3 aromatic carbocycles. The zero-order valence-corrected chi connectivity index (χ0v) is 24.6. The molecule has 1 aliphatic carbocycles. The first kappa shape index (κ1) is 27.8. The second kappa shape index (κ2) is 11.9. The zero-order valence-electron chi connectivity index (χ0n) is 24.6. The summed E-state index contributed by atoms with van der Waals surface area (Å²) in [6.45, 7) is 2.10. The molecule has 7 rings (SSSR count). The molecule has 0 aliphatic heterocycles. The molecule has 0 saturated heterocycles. The molecule has 10 nitrogen and oxygen atoms in total. The molecule has 10 heteroatoms. The molecule has 45 heavy (non-hydrogen) atoms. The number of nitriles is 2. The van der Waals surface area contributed by atoms with E-state index in [1.165, 1.54) is 6.20 Å². The number of hydrogen-bond acceptors (Lipinski definition) is 9. The Morgan fingerprint density at radius 2 is 1.78 bits per heavy atom. The summed E-state index contributed by atoms with van der Waals surface area (Å²) in [6.07, 6.45) is 9.64. The number of anilines is 2. The number of fused-ring (bicyclic) bond motifs is 1. The molecule has 0 unspecified atom stereocenters. The molecule has 2 N–H and O–H groups in total. The van der Waals surface area contributed by atoms with Crippen molar-refractivity contribution in [3.63, 3.8) is 0 Å². The van der Waals surface area contributed by atoms with E-state index >= 15 is 0 Å². The lowest BCUT2D eigenvalue weighted by Gasteiger charge is -2.22. The molecule has 1 saturated carbocycles. The number of rotatable bonds is 10. The van der Waals surface area contributed by atoms with E-state index < -0.39 is 6.04 Å². The smallest absolute Gasteiger partial charge is 0.225 e. The van der Waals surface area contributed by atoms with Gasteiger partial charge in [0.15, 0.2) is 0 Å². The van der Waals surface area contributed by atoms with Crippen LogP contribution in [0.5, 0.6) is 0 Å². The molecule has 1 fully saturated rings. The summed E-state index contributed by atoms with van der Waals surface area (Å²) in [5.74, 6) is 0.518. The number of nitrogens with zero attached hydrogens (tertiary/aromatic N) is 7. The van der Waals surface area contributed by atoms with Crippen molar-refractivity contribution in [1.29, 1.82) is 10.5 Å². The molecular formula is C35H29N9O. The van der Waals surface area contributed by atoms with Crippen molar-refractivity contribution in [2.75, 3.05) is 10.6 Å². The standard InChI is InChI=1S/C35H29N9O/c1-2-30(22-7-4-3-5-8-22)41-33-26(19-37)20-39-32-25(18-36)16-27(17-29(32)33)40-34(31-21-44(43-42-31)28-11-12-28)23-9-6-10-24(15-23)35-38-13-14-45-35/h3-10,13-17,20-21,28,30,34,40H,2,11-12H2,1H3,(H,39,41)/t30-,34+/m1/s1. The van der Waals surface area contributed by atoms with E-state index in [1.54, 1.807) is 18.5 Å². The van der Waals surface area contributed by atoms with Crippen LogP contribution in [-0.2, 0) is 0 Å². The number of nitrogens with one attached hydrogen (secondary N) is 2. The van der Waals surface area contributed by atoms with Gasteiger partial charge < -0.3 is 15.1 Å². The fourth-order valence-corrected chi connectivity index (χ4v) is 5.64. The van der Waals surface area contributed by atoms with Crippen molar-refractivity contribution in [3.05, 3.63) is 120 Å². The quantitative estimate of drug-likeness (QED) is 0.167. The minimum atomic E-state index is -0.410. The lowest BCUT2D eigenvalue weighted by Crippen LogP contribution is -2.14. The van der Waals surface area contributed by atoms with Gasteiger partial charge in [-0.2, -0.15) is 10.5 Å². The van der Waals surface area contributed by atoms with Gasteiger partial charge in [0.25, 0.3) is 0 Å². The first-order valence-corrected chi connectivity index (χ1v) is 14.9. The van der Waals surface area contributed by atoms with Gasteiger partial charge in [0.2, 0.25) is 5.89 Å². The van der Waals surface area contributed by atoms with Gasteiger partial charge in [0.1, 0.15) is 24.1 Å². The van der Waals surface area contributed by atoms with Crippen molar-refractivity contribution in [3.8, 4) is 23.6 Å². The molecule has 1 aliphatic rings. The van der Waals surface area contributed by atoms with E-state index in [0.717, 1.165) is 41.6 Å². The summed E-state index contributed by atoms with van der Waals surface area (Å²) in [5, 5.41) is 37.2. The predicted octanol–water partition coefficient (Wildman–Crippen LogP) is 7.32. The van der Waals surface area contributed by atoms with Gasteiger partial charge in [-0.15, -0.1) is 5.10 Å². The summed E-state index contributed by atoms with van der Waals surface area (Å²) in [4.78, 5) is 8.86. The summed E-state index contributed by atoms with van der Waals surface area (Å²) in [6, 6.07) is 26.3. The van der Waals surface area contributed by atoms with E-state index in [1.807, 2.05) is 59.4 Å². The van der Waals surface area contributed by atoms with E-state index in [0.29, 0.717) is 45.3 Å². The van der Waals surface area contributed by atoms with Crippen LogP contribution in [0.1, 0.15) is 72.3 Å². The second-order valence-corrected chi connectivity index (χ2v) is 11.1. The fraction of sp³-hybridized carbons (Fsp3) is 0.200. The third-order valence-electron chi connectivity index (χ3n) is 8.10. The lowest BCUT2D eigenvalue weighted by atomic mass is 9.99. The summed E-state index contributed by atoms with van der Waals surface area (Å²) in [5.41, 5.74) is 6.23. The van der Waals surface area contributed by atoms with Gasteiger partial charge in [-0.25, -0.2) is 9.67 Å². The van der Waals surface area contributed by atoms with Crippen LogP contribution < -0.4 is 10.6 Å². The molecule has 6 aromatic rings. The fourth-order valence-electron chi connectivity index (χ4n) is 5.64. The Kier molecular flexibility index (Phi) is 7.38. The van der Waals surface area contributed by atoms with Crippen molar-refractivity contribution >= 4 is 22.3 Å². The highest BCUT2D eigenvalue weighted by molar-refractivity contribution is 5.99. The van der Waals surface area contributed by atoms with Crippen LogP contribution in [0.4, 0.5) is 11.4 Å². The maximum atomic E-state index is 10.2. The van der Waals surface area contributed by atoms with E-state index in [2.05, 4.69) is 62.1 Å². The number of aromatic nitrogens is 5. The number of hydrogen-bond donors (Lipinski definition) is 2. The molecule has 2 atom stereocenters.